The molecule has 3 unspecified atom stereocenters. The Morgan fingerprint density at radius 1 is 1.36 bits per heavy atom. The van der Waals surface area contributed by atoms with Crippen molar-refractivity contribution in [1.29, 1.82) is 0 Å². The van der Waals surface area contributed by atoms with Gasteiger partial charge in [-0.3, -0.25) is 9.20 Å². The number of halogens is 2. The van der Waals surface area contributed by atoms with E-state index in [9.17, 15) is 9.18 Å². The molecule has 1 saturated heterocycles. The van der Waals surface area contributed by atoms with E-state index in [0.29, 0.717) is 28.9 Å². The minimum Gasteiger partial charge on any atom is -0.369 e. The molecular formula is C19H20ClFN6O. The highest BCUT2D eigenvalue weighted by atomic mass is 35.5. The van der Waals surface area contributed by atoms with Crippen LogP contribution < -0.4 is 10.6 Å². The minimum absolute atomic E-state index is 0.00863. The monoisotopic (exact) mass is 402 g/mol. The van der Waals surface area contributed by atoms with Gasteiger partial charge in [0.1, 0.15) is 23.0 Å². The van der Waals surface area contributed by atoms with Crippen molar-refractivity contribution in [2.45, 2.75) is 26.3 Å². The van der Waals surface area contributed by atoms with Gasteiger partial charge in [0.05, 0.1) is 17.1 Å². The second kappa shape index (κ2) is 7.01. The molecule has 0 radical (unpaired) electrons. The Morgan fingerprint density at radius 3 is 2.89 bits per heavy atom. The van der Waals surface area contributed by atoms with Crippen LogP contribution in [0.25, 0.3) is 17.2 Å². The van der Waals surface area contributed by atoms with Gasteiger partial charge in [0.15, 0.2) is 5.82 Å². The normalized spacial score (nSPS) is 22.6. The maximum Gasteiger partial charge on any atom is 0.222 e. The Kier molecular flexibility index (Phi) is 4.66. The van der Waals surface area contributed by atoms with Gasteiger partial charge in [-0.05, 0) is 25.3 Å². The standard InChI is InChI=1S/C19H20ClFN6O/c1-10-5-12(18(22)28)11(2)26(8-10)16-3-4-23-19(25-16)15-7-24-17-6-14(21)13(20)9-27(15)17/h3-4,6-7,9-12H,5,8H2,1-2H3,(H2,22,28). The molecule has 3 aromatic rings. The van der Waals surface area contributed by atoms with E-state index in [2.05, 4.69) is 26.8 Å². The van der Waals surface area contributed by atoms with Gasteiger partial charge < -0.3 is 10.6 Å². The van der Waals surface area contributed by atoms with E-state index in [1.165, 1.54) is 12.3 Å². The number of aromatic nitrogens is 4. The lowest BCUT2D eigenvalue weighted by Gasteiger charge is -2.41. The predicted molar refractivity (Wildman–Crippen MR) is 104 cm³/mol. The average Bonchev–Trinajstić information content (AvgIpc) is 3.06. The number of pyridine rings is 1. The lowest BCUT2D eigenvalue weighted by Crippen LogP contribution is -2.51. The molecule has 3 aromatic heterocycles. The topological polar surface area (TPSA) is 89.4 Å². The summed E-state index contributed by atoms with van der Waals surface area (Å²) >= 11 is 5.92. The van der Waals surface area contributed by atoms with Gasteiger partial charge >= 0.3 is 0 Å². The third-order valence-corrected chi connectivity index (χ3v) is 5.60. The first-order chi connectivity index (χ1) is 13.3. The Labute approximate surface area is 166 Å². The van der Waals surface area contributed by atoms with E-state index >= 15 is 0 Å². The van der Waals surface area contributed by atoms with Gasteiger partial charge in [-0.1, -0.05) is 18.5 Å². The van der Waals surface area contributed by atoms with Crippen molar-refractivity contribution in [3.8, 4) is 11.5 Å². The maximum atomic E-state index is 13.7. The summed E-state index contributed by atoms with van der Waals surface area (Å²) in [6, 6.07) is 3.01. The number of carbonyl (C=O) groups is 1. The van der Waals surface area contributed by atoms with Crippen LogP contribution in [-0.4, -0.2) is 37.8 Å². The van der Waals surface area contributed by atoms with Crippen molar-refractivity contribution in [2.24, 2.45) is 17.6 Å². The van der Waals surface area contributed by atoms with E-state index in [4.69, 9.17) is 17.3 Å². The number of hydrogen-bond acceptors (Lipinski definition) is 5. The van der Waals surface area contributed by atoms with Gasteiger partial charge in [-0.2, -0.15) is 0 Å². The highest BCUT2D eigenvalue weighted by Gasteiger charge is 2.35. The lowest BCUT2D eigenvalue weighted by molar-refractivity contribution is -0.123. The number of fused-ring (bicyclic) bond motifs is 1. The second-order valence-corrected chi connectivity index (χ2v) is 7.73. The zero-order valence-corrected chi connectivity index (χ0v) is 16.3. The van der Waals surface area contributed by atoms with Gasteiger partial charge in [-0.15, -0.1) is 0 Å². The molecule has 3 atom stereocenters. The minimum atomic E-state index is -0.533. The molecule has 0 saturated carbocycles. The number of carbonyl (C=O) groups excluding carboxylic acids is 1. The number of anilines is 1. The van der Waals surface area contributed by atoms with E-state index in [1.807, 2.05) is 13.0 Å². The largest absolute Gasteiger partial charge is 0.369 e. The number of rotatable bonds is 3. The molecule has 4 rings (SSSR count). The quantitative estimate of drug-likeness (QED) is 0.727. The molecule has 1 fully saturated rings. The number of piperidine rings is 1. The summed E-state index contributed by atoms with van der Waals surface area (Å²) in [5.41, 5.74) is 6.62. The molecule has 1 aliphatic heterocycles. The Balaban J connectivity index is 1.74. The van der Waals surface area contributed by atoms with E-state index < -0.39 is 5.82 Å². The molecule has 146 valence electrons. The molecule has 1 aliphatic rings. The van der Waals surface area contributed by atoms with Crippen LogP contribution in [0.2, 0.25) is 5.02 Å². The zero-order valence-electron chi connectivity index (χ0n) is 15.5. The molecule has 2 N–H and O–H groups in total. The zero-order chi connectivity index (χ0) is 20.0. The molecule has 4 heterocycles. The summed E-state index contributed by atoms with van der Waals surface area (Å²) in [7, 11) is 0. The SMILES string of the molecule is CC1CC(C(N)=O)C(C)N(c2ccnc(-c3cnc4cc(F)c(Cl)cn34)n2)C1. The summed E-state index contributed by atoms with van der Waals surface area (Å²) in [6.07, 6.45) is 5.47. The summed E-state index contributed by atoms with van der Waals surface area (Å²) < 4.78 is 15.3. The third kappa shape index (κ3) is 3.17. The van der Waals surface area contributed by atoms with Gasteiger partial charge in [0, 0.05) is 31.0 Å². The highest BCUT2D eigenvalue weighted by Crippen LogP contribution is 2.31. The van der Waals surface area contributed by atoms with Crippen molar-refractivity contribution < 1.29 is 9.18 Å². The van der Waals surface area contributed by atoms with Gasteiger partial charge in [0.2, 0.25) is 5.91 Å². The van der Waals surface area contributed by atoms with Crippen LogP contribution in [0.5, 0.6) is 0 Å². The molecule has 0 aliphatic carbocycles. The molecule has 1 amide bonds. The van der Waals surface area contributed by atoms with Crippen molar-refractivity contribution in [3.05, 3.63) is 41.6 Å². The van der Waals surface area contributed by atoms with Crippen LogP contribution in [-0.2, 0) is 4.79 Å². The number of hydrogen-bond donors (Lipinski definition) is 1. The highest BCUT2D eigenvalue weighted by molar-refractivity contribution is 6.30. The van der Waals surface area contributed by atoms with E-state index in [-0.39, 0.29) is 22.9 Å². The molecule has 0 spiro atoms. The maximum absolute atomic E-state index is 13.7. The summed E-state index contributed by atoms with van der Waals surface area (Å²) in [4.78, 5) is 27.2. The second-order valence-electron chi connectivity index (χ2n) is 7.32. The first-order valence-corrected chi connectivity index (χ1v) is 9.44. The molecule has 9 heteroatoms. The number of imidazole rings is 1. The Morgan fingerprint density at radius 2 is 2.14 bits per heavy atom. The molecule has 28 heavy (non-hydrogen) atoms. The van der Waals surface area contributed by atoms with Crippen LogP contribution in [0.4, 0.5) is 10.2 Å². The fourth-order valence-corrected chi connectivity index (χ4v) is 4.01. The summed E-state index contributed by atoms with van der Waals surface area (Å²) in [6.45, 7) is 4.85. The van der Waals surface area contributed by atoms with Gasteiger partial charge in [-0.25, -0.2) is 19.3 Å². The Bertz CT molecular complexity index is 1050. The third-order valence-electron chi connectivity index (χ3n) is 5.32. The number of amides is 1. The van der Waals surface area contributed by atoms with Crippen molar-refractivity contribution in [3.63, 3.8) is 0 Å². The van der Waals surface area contributed by atoms with Crippen LogP contribution in [0.1, 0.15) is 20.3 Å². The first kappa shape index (κ1) is 18.6. The van der Waals surface area contributed by atoms with E-state index in [1.54, 1.807) is 16.8 Å². The smallest absolute Gasteiger partial charge is 0.222 e. The molecule has 0 bridgehead atoms. The summed E-state index contributed by atoms with van der Waals surface area (Å²) in [5, 5.41) is -0.00863. The van der Waals surface area contributed by atoms with Crippen LogP contribution in [0.15, 0.2) is 30.7 Å². The fraction of sp³-hybridized carbons (Fsp3) is 0.368. The van der Waals surface area contributed by atoms with Gasteiger partial charge in [0.25, 0.3) is 0 Å². The average molecular weight is 403 g/mol. The van der Waals surface area contributed by atoms with Crippen molar-refractivity contribution in [1.82, 2.24) is 19.4 Å². The number of nitrogens with zero attached hydrogens (tertiary/aromatic N) is 5. The molecule has 0 aromatic carbocycles. The molecular weight excluding hydrogens is 383 g/mol. The number of nitrogens with two attached hydrogens (primary N) is 1. The fourth-order valence-electron chi connectivity index (χ4n) is 3.85. The van der Waals surface area contributed by atoms with Crippen molar-refractivity contribution >= 4 is 29.0 Å². The van der Waals surface area contributed by atoms with Crippen LogP contribution >= 0.6 is 11.6 Å². The van der Waals surface area contributed by atoms with E-state index in [0.717, 1.165) is 13.0 Å². The van der Waals surface area contributed by atoms with Crippen molar-refractivity contribution in [2.75, 3.05) is 11.4 Å². The number of primary amides is 1. The molecule has 7 nitrogen and oxygen atoms in total. The first-order valence-electron chi connectivity index (χ1n) is 9.06. The lowest BCUT2D eigenvalue weighted by atomic mass is 9.84. The Hall–Kier alpha value is -2.74. The summed E-state index contributed by atoms with van der Waals surface area (Å²) in [5.74, 6) is 0.392. The van der Waals surface area contributed by atoms with Crippen LogP contribution in [0, 0.1) is 17.7 Å². The predicted octanol–water partition coefficient (Wildman–Crippen LogP) is 2.92. The van der Waals surface area contributed by atoms with Crippen LogP contribution in [0.3, 0.4) is 0 Å².